The molecule has 0 aromatic carbocycles. The minimum Gasteiger partial charge on any atom is -0.475 e. The number of fused-ring (bicyclic) bond motifs is 1. The number of aryl methyl sites for hydroxylation is 1. The van der Waals surface area contributed by atoms with Crippen molar-refractivity contribution in [1.82, 2.24) is 29.7 Å². The highest BCUT2D eigenvalue weighted by Gasteiger charge is 2.38. The Morgan fingerprint density at radius 2 is 1.88 bits per heavy atom. The zero-order valence-corrected chi connectivity index (χ0v) is 18.5. The van der Waals surface area contributed by atoms with Gasteiger partial charge < -0.3 is 15.0 Å². The minimum absolute atomic E-state index is 0.0367. The average molecular weight is 468 g/mol. The molecule has 0 radical (unpaired) electrons. The van der Waals surface area contributed by atoms with Crippen LogP contribution in [0.15, 0.2) is 18.6 Å². The normalized spacial score (nSPS) is 18.2. The van der Waals surface area contributed by atoms with E-state index in [-0.39, 0.29) is 5.91 Å². The maximum Gasteiger partial charge on any atom is 0.490 e. The molecule has 0 saturated heterocycles. The average Bonchev–Trinajstić information content (AvgIpc) is 3.47. The van der Waals surface area contributed by atoms with Gasteiger partial charge in [-0.05, 0) is 32.6 Å². The van der Waals surface area contributed by atoms with Gasteiger partial charge in [0.15, 0.2) is 0 Å². The zero-order chi connectivity index (χ0) is 24.2. The van der Waals surface area contributed by atoms with Gasteiger partial charge in [-0.25, -0.2) is 9.78 Å². The number of aliphatic carboxylic acids is 1. The largest absolute Gasteiger partial charge is 0.490 e. The number of imidazole rings is 1. The lowest BCUT2D eigenvalue weighted by atomic mass is 10.2. The molecule has 1 atom stereocenters. The fourth-order valence-electron chi connectivity index (χ4n) is 3.49. The first-order valence-corrected chi connectivity index (χ1v) is 10.7. The van der Waals surface area contributed by atoms with Gasteiger partial charge in [0, 0.05) is 32.0 Å². The monoisotopic (exact) mass is 468 g/mol. The van der Waals surface area contributed by atoms with Crippen LogP contribution in [-0.2, 0) is 29.1 Å². The van der Waals surface area contributed by atoms with E-state index in [1.807, 2.05) is 13.1 Å². The SMILES string of the molecule is Cc1cnc(CNC(=O)Cc2cn3c(n2)C(C)N(CC2CC2)CC3)cn1.O=C(O)C(F)(F)F. The third-order valence-electron chi connectivity index (χ3n) is 5.48. The molecular weight excluding hydrogens is 441 g/mol. The number of amides is 1. The Hall–Kier alpha value is -3.02. The number of carbonyl (C=O) groups excluding carboxylic acids is 1. The second-order valence-corrected chi connectivity index (χ2v) is 8.30. The predicted octanol–water partition coefficient (Wildman–Crippen LogP) is 2.26. The number of halogens is 3. The van der Waals surface area contributed by atoms with E-state index in [1.54, 1.807) is 12.4 Å². The van der Waals surface area contributed by atoms with Crippen molar-refractivity contribution in [3.05, 3.63) is 41.5 Å². The zero-order valence-electron chi connectivity index (χ0n) is 18.5. The number of carboxylic acids is 1. The highest BCUT2D eigenvalue weighted by atomic mass is 19.4. The number of carbonyl (C=O) groups is 2. The summed E-state index contributed by atoms with van der Waals surface area (Å²) in [5.74, 6) is -0.823. The number of hydrogen-bond donors (Lipinski definition) is 2. The Kier molecular flexibility index (Phi) is 7.67. The third kappa shape index (κ3) is 7.24. The van der Waals surface area contributed by atoms with Crippen LogP contribution >= 0.6 is 0 Å². The summed E-state index contributed by atoms with van der Waals surface area (Å²) in [6, 6.07) is 0.323. The van der Waals surface area contributed by atoms with Crippen LogP contribution in [0.25, 0.3) is 0 Å². The summed E-state index contributed by atoms with van der Waals surface area (Å²) < 4.78 is 33.9. The van der Waals surface area contributed by atoms with E-state index in [0.717, 1.165) is 41.9 Å². The number of hydrogen-bond acceptors (Lipinski definition) is 6. The molecule has 1 unspecified atom stereocenters. The van der Waals surface area contributed by atoms with Gasteiger partial charge in [0.25, 0.3) is 0 Å². The van der Waals surface area contributed by atoms with Crippen molar-refractivity contribution in [2.24, 2.45) is 5.92 Å². The summed E-state index contributed by atoms with van der Waals surface area (Å²) in [4.78, 5) is 36.9. The predicted molar refractivity (Wildman–Crippen MR) is 111 cm³/mol. The van der Waals surface area contributed by atoms with Gasteiger partial charge in [-0.1, -0.05) is 0 Å². The summed E-state index contributed by atoms with van der Waals surface area (Å²) in [6.45, 7) is 7.72. The number of nitrogens with one attached hydrogen (secondary N) is 1. The van der Waals surface area contributed by atoms with Gasteiger partial charge in [0.05, 0.1) is 42.3 Å². The molecule has 1 fully saturated rings. The molecule has 12 heteroatoms. The lowest BCUT2D eigenvalue weighted by Crippen LogP contribution is -2.38. The first kappa shape index (κ1) is 24.6. The van der Waals surface area contributed by atoms with E-state index >= 15 is 0 Å². The molecule has 2 aromatic rings. The van der Waals surface area contributed by atoms with E-state index < -0.39 is 12.1 Å². The summed E-state index contributed by atoms with van der Waals surface area (Å²) in [5.41, 5.74) is 2.47. The molecule has 1 saturated carbocycles. The molecule has 1 aliphatic heterocycles. The summed E-state index contributed by atoms with van der Waals surface area (Å²) in [7, 11) is 0. The van der Waals surface area contributed by atoms with E-state index in [9.17, 15) is 18.0 Å². The van der Waals surface area contributed by atoms with E-state index in [2.05, 4.69) is 31.7 Å². The molecule has 180 valence electrons. The summed E-state index contributed by atoms with van der Waals surface area (Å²) in [6.07, 6.45) is 3.39. The fourth-order valence-corrected chi connectivity index (χ4v) is 3.49. The number of rotatable bonds is 6. The second-order valence-electron chi connectivity index (χ2n) is 8.30. The van der Waals surface area contributed by atoms with Crippen LogP contribution in [0.2, 0.25) is 0 Å². The Labute approximate surface area is 189 Å². The molecule has 2 aliphatic rings. The van der Waals surface area contributed by atoms with Gasteiger partial charge in [-0.15, -0.1) is 0 Å². The van der Waals surface area contributed by atoms with Crippen LogP contribution in [0.4, 0.5) is 13.2 Å². The van der Waals surface area contributed by atoms with Crippen LogP contribution in [-0.4, -0.2) is 60.7 Å². The summed E-state index contributed by atoms with van der Waals surface area (Å²) in [5, 5.41) is 10.0. The molecule has 9 nitrogen and oxygen atoms in total. The van der Waals surface area contributed by atoms with Crippen LogP contribution < -0.4 is 5.32 Å². The van der Waals surface area contributed by atoms with Crippen LogP contribution in [0, 0.1) is 12.8 Å². The first-order valence-electron chi connectivity index (χ1n) is 10.7. The molecular formula is C21H27F3N6O3. The Morgan fingerprint density at radius 1 is 1.18 bits per heavy atom. The van der Waals surface area contributed by atoms with Gasteiger partial charge in [0.1, 0.15) is 5.82 Å². The van der Waals surface area contributed by atoms with Crippen molar-refractivity contribution in [3.8, 4) is 0 Å². The highest BCUT2D eigenvalue weighted by molar-refractivity contribution is 5.78. The topological polar surface area (TPSA) is 113 Å². The van der Waals surface area contributed by atoms with Crippen LogP contribution in [0.3, 0.4) is 0 Å². The molecule has 1 amide bonds. The van der Waals surface area contributed by atoms with Crippen molar-refractivity contribution in [2.45, 2.75) is 58.4 Å². The highest BCUT2D eigenvalue weighted by Crippen LogP contribution is 2.34. The lowest BCUT2D eigenvalue weighted by Gasteiger charge is -2.33. The summed E-state index contributed by atoms with van der Waals surface area (Å²) >= 11 is 0. The molecule has 1 aliphatic carbocycles. The van der Waals surface area contributed by atoms with Crippen LogP contribution in [0.1, 0.15) is 48.7 Å². The molecule has 33 heavy (non-hydrogen) atoms. The maximum atomic E-state index is 12.2. The maximum absolute atomic E-state index is 12.2. The molecule has 4 rings (SSSR count). The fraction of sp³-hybridized carbons (Fsp3) is 0.571. The first-order chi connectivity index (χ1) is 15.5. The lowest BCUT2D eigenvalue weighted by molar-refractivity contribution is -0.192. The van der Waals surface area contributed by atoms with E-state index in [0.29, 0.717) is 19.0 Å². The van der Waals surface area contributed by atoms with Gasteiger partial charge >= 0.3 is 12.1 Å². The molecule has 0 spiro atoms. The van der Waals surface area contributed by atoms with E-state index in [4.69, 9.17) is 14.9 Å². The number of aromatic nitrogens is 4. The third-order valence-corrected chi connectivity index (χ3v) is 5.48. The van der Waals surface area contributed by atoms with Crippen molar-refractivity contribution in [1.29, 1.82) is 0 Å². The number of alkyl halides is 3. The van der Waals surface area contributed by atoms with E-state index in [1.165, 1.54) is 19.4 Å². The Morgan fingerprint density at radius 3 is 2.45 bits per heavy atom. The molecule has 2 N–H and O–H groups in total. The van der Waals surface area contributed by atoms with Gasteiger partial charge in [-0.3, -0.25) is 19.7 Å². The Balaban J connectivity index is 0.000000383. The van der Waals surface area contributed by atoms with Crippen molar-refractivity contribution in [2.75, 3.05) is 13.1 Å². The van der Waals surface area contributed by atoms with Gasteiger partial charge in [0.2, 0.25) is 5.91 Å². The standard InChI is InChI=1S/C19H26N6O.C2HF3O2/c1-13-8-21-17(9-20-13)10-22-18(26)7-16-12-25-6-5-24(11-15-3-4-15)14(2)19(25)23-16;3-2(4,5)1(6)7/h8-9,12,14-15H,3-7,10-11H2,1-2H3,(H,22,26);(H,6,7). The molecule has 2 aromatic heterocycles. The van der Waals surface area contributed by atoms with Crippen molar-refractivity contribution >= 4 is 11.9 Å². The Bertz CT molecular complexity index is 973. The van der Waals surface area contributed by atoms with Crippen LogP contribution in [0.5, 0.6) is 0 Å². The minimum atomic E-state index is -5.08. The quantitative estimate of drug-likeness (QED) is 0.669. The second kappa shape index (κ2) is 10.3. The molecule has 3 heterocycles. The van der Waals surface area contributed by atoms with Crippen molar-refractivity contribution < 1.29 is 27.9 Å². The smallest absolute Gasteiger partial charge is 0.475 e. The number of nitrogens with zero attached hydrogens (tertiary/aromatic N) is 5. The van der Waals surface area contributed by atoms with Crippen molar-refractivity contribution in [3.63, 3.8) is 0 Å². The van der Waals surface area contributed by atoms with Gasteiger partial charge in [-0.2, -0.15) is 13.2 Å². The molecule has 0 bridgehead atoms. The number of carboxylic acid groups (broad SMARTS) is 1.